The average molecular weight is 294 g/mol. The number of carboxylic acids is 1. The van der Waals surface area contributed by atoms with Gasteiger partial charge in [-0.25, -0.2) is 9.59 Å². The van der Waals surface area contributed by atoms with E-state index in [1.54, 1.807) is 18.0 Å². The topological polar surface area (TPSA) is 78.9 Å². The lowest BCUT2D eigenvalue weighted by molar-refractivity contribution is 0.0697. The quantitative estimate of drug-likeness (QED) is 0.845. The molecule has 1 unspecified atom stereocenters. The highest BCUT2D eigenvalue weighted by molar-refractivity contribution is 6.00. The van der Waals surface area contributed by atoms with Gasteiger partial charge in [-0.05, 0) is 24.1 Å². The molecule has 0 aliphatic heterocycles. The molecule has 0 bridgehead atoms. The Morgan fingerprint density at radius 2 is 2.10 bits per heavy atom. The third-order valence-electron chi connectivity index (χ3n) is 3.33. The van der Waals surface area contributed by atoms with E-state index < -0.39 is 5.97 Å². The molecule has 1 rings (SSSR count). The third kappa shape index (κ3) is 4.66. The molecule has 0 saturated heterocycles. The van der Waals surface area contributed by atoms with Gasteiger partial charge in [-0.1, -0.05) is 20.3 Å². The fraction of sp³-hybridized carbons (Fsp3) is 0.467. The number of anilines is 1. The third-order valence-corrected chi connectivity index (χ3v) is 3.33. The van der Waals surface area contributed by atoms with Crippen LogP contribution in [0.3, 0.4) is 0 Å². The largest absolute Gasteiger partial charge is 0.497 e. The van der Waals surface area contributed by atoms with Gasteiger partial charge in [-0.3, -0.25) is 0 Å². The first kappa shape index (κ1) is 16.8. The Hall–Kier alpha value is -2.24. The van der Waals surface area contributed by atoms with Gasteiger partial charge in [0, 0.05) is 13.6 Å². The summed E-state index contributed by atoms with van der Waals surface area (Å²) in [6, 6.07) is 4.18. The fourth-order valence-corrected chi connectivity index (χ4v) is 1.83. The van der Waals surface area contributed by atoms with E-state index in [0.29, 0.717) is 18.2 Å². The van der Waals surface area contributed by atoms with E-state index in [1.807, 2.05) is 0 Å². The second-order valence-electron chi connectivity index (χ2n) is 5.04. The van der Waals surface area contributed by atoms with Crippen LogP contribution < -0.4 is 10.1 Å². The molecule has 6 nitrogen and oxygen atoms in total. The maximum atomic E-state index is 12.1. The maximum Gasteiger partial charge on any atom is 0.337 e. The van der Waals surface area contributed by atoms with Crippen molar-refractivity contribution in [3.8, 4) is 5.75 Å². The molecule has 0 saturated carbocycles. The fourth-order valence-electron chi connectivity index (χ4n) is 1.83. The van der Waals surface area contributed by atoms with Gasteiger partial charge in [0.05, 0.1) is 18.4 Å². The average Bonchev–Trinajstić information content (AvgIpc) is 2.46. The summed E-state index contributed by atoms with van der Waals surface area (Å²) in [6.45, 7) is 4.73. The van der Waals surface area contributed by atoms with Crippen molar-refractivity contribution in [2.24, 2.45) is 5.92 Å². The second-order valence-corrected chi connectivity index (χ2v) is 5.04. The smallest absolute Gasteiger partial charge is 0.337 e. The zero-order valence-electron chi connectivity index (χ0n) is 12.8. The molecule has 0 aliphatic carbocycles. The molecule has 0 spiro atoms. The van der Waals surface area contributed by atoms with Crippen LogP contribution in [0.4, 0.5) is 10.5 Å². The Bertz CT molecular complexity index is 516. The van der Waals surface area contributed by atoms with Crippen LogP contribution in [0, 0.1) is 5.92 Å². The van der Waals surface area contributed by atoms with E-state index in [2.05, 4.69) is 19.2 Å². The number of hydrogen-bond acceptors (Lipinski definition) is 3. The number of amides is 2. The second kappa shape index (κ2) is 7.52. The highest BCUT2D eigenvalue weighted by Crippen LogP contribution is 2.22. The van der Waals surface area contributed by atoms with Gasteiger partial charge < -0.3 is 20.1 Å². The van der Waals surface area contributed by atoms with Gasteiger partial charge in [0.1, 0.15) is 5.75 Å². The summed E-state index contributed by atoms with van der Waals surface area (Å²) in [6.07, 6.45) is 0.973. The zero-order chi connectivity index (χ0) is 16.0. The monoisotopic (exact) mass is 294 g/mol. The van der Waals surface area contributed by atoms with Crippen molar-refractivity contribution in [2.75, 3.05) is 26.0 Å². The summed E-state index contributed by atoms with van der Waals surface area (Å²) in [4.78, 5) is 24.9. The number of rotatable bonds is 6. The molecule has 2 amide bonds. The molecule has 1 aromatic rings. The van der Waals surface area contributed by atoms with Gasteiger partial charge >= 0.3 is 12.0 Å². The first-order valence-corrected chi connectivity index (χ1v) is 6.82. The molecule has 116 valence electrons. The number of aromatic carboxylic acids is 1. The van der Waals surface area contributed by atoms with E-state index in [1.165, 1.54) is 19.2 Å². The van der Waals surface area contributed by atoms with E-state index in [0.717, 1.165) is 6.42 Å². The first-order chi connectivity index (χ1) is 9.88. The molecule has 0 fully saturated rings. The summed E-state index contributed by atoms with van der Waals surface area (Å²) in [5.41, 5.74) is 0.254. The van der Waals surface area contributed by atoms with Gasteiger partial charge in [0.25, 0.3) is 0 Å². The van der Waals surface area contributed by atoms with Crippen molar-refractivity contribution in [3.63, 3.8) is 0 Å². The normalized spacial score (nSPS) is 11.6. The Balaban J connectivity index is 2.87. The van der Waals surface area contributed by atoms with Gasteiger partial charge in [-0.15, -0.1) is 0 Å². The summed E-state index contributed by atoms with van der Waals surface area (Å²) >= 11 is 0. The van der Waals surface area contributed by atoms with Crippen LogP contribution in [0.5, 0.6) is 5.75 Å². The number of carbonyl (C=O) groups excluding carboxylic acids is 1. The van der Waals surface area contributed by atoms with Crippen LogP contribution in [0.2, 0.25) is 0 Å². The van der Waals surface area contributed by atoms with Crippen LogP contribution in [-0.2, 0) is 0 Å². The summed E-state index contributed by atoms with van der Waals surface area (Å²) in [7, 11) is 3.14. The van der Waals surface area contributed by atoms with Crippen LogP contribution in [0.15, 0.2) is 18.2 Å². The number of carboxylic acid groups (broad SMARTS) is 1. The van der Waals surface area contributed by atoms with Crippen molar-refractivity contribution in [3.05, 3.63) is 23.8 Å². The lowest BCUT2D eigenvalue weighted by Gasteiger charge is -2.21. The number of carbonyl (C=O) groups is 2. The van der Waals surface area contributed by atoms with E-state index in [4.69, 9.17) is 4.74 Å². The highest BCUT2D eigenvalue weighted by atomic mass is 16.5. The molecular formula is C15H22N2O4. The summed E-state index contributed by atoms with van der Waals surface area (Å²) < 4.78 is 4.99. The molecule has 21 heavy (non-hydrogen) atoms. The Labute approximate surface area is 124 Å². The van der Waals surface area contributed by atoms with Crippen molar-refractivity contribution in [2.45, 2.75) is 20.3 Å². The van der Waals surface area contributed by atoms with Crippen LogP contribution >= 0.6 is 0 Å². The van der Waals surface area contributed by atoms with Crippen molar-refractivity contribution in [1.82, 2.24) is 4.90 Å². The molecule has 1 aromatic carbocycles. The van der Waals surface area contributed by atoms with Crippen molar-refractivity contribution >= 4 is 17.7 Å². The zero-order valence-corrected chi connectivity index (χ0v) is 12.8. The lowest BCUT2D eigenvalue weighted by atomic mass is 10.1. The van der Waals surface area contributed by atoms with E-state index in [9.17, 15) is 14.7 Å². The predicted octanol–water partition coefficient (Wildman–Crippen LogP) is 2.90. The molecule has 2 N–H and O–H groups in total. The van der Waals surface area contributed by atoms with Crippen LogP contribution in [0.1, 0.15) is 30.6 Å². The first-order valence-electron chi connectivity index (χ1n) is 6.82. The molecule has 0 radical (unpaired) electrons. The Morgan fingerprint density at radius 3 is 2.62 bits per heavy atom. The maximum absolute atomic E-state index is 12.1. The number of methoxy groups -OCH3 is 1. The number of ether oxygens (including phenoxy) is 1. The molecule has 6 heteroatoms. The van der Waals surface area contributed by atoms with Crippen LogP contribution in [-0.4, -0.2) is 42.7 Å². The molecule has 0 aliphatic rings. The minimum absolute atomic E-state index is 0.000333. The number of nitrogens with one attached hydrogen (secondary N) is 1. The summed E-state index contributed by atoms with van der Waals surface area (Å²) in [5, 5.41) is 11.8. The Morgan fingerprint density at radius 1 is 1.43 bits per heavy atom. The molecule has 0 heterocycles. The van der Waals surface area contributed by atoms with Gasteiger partial charge in [-0.2, -0.15) is 0 Å². The number of benzene rings is 1. The lowest BCUT2D eigenvalue weighted by Crippen LogP contribution is -2.35. The number of urea groups is 1. The minimum atomic E-state index is -1.12. The molecule has 1 atom stereocenters. The van der Waals surface area contributed by atoms with Crippen molar-refractivity contribution < 1.29 is 19.4 Å². The Kier molecular flexibility index (Phi) is 6.02. The van der Waals surface area contributed by atoms with E-state index >= 15 is 0 Å². The van der Waals surface area contributed by atoms with Crippen LogP contribution in [0.25, 0.3) is 0 Å². The van der Waals surface area contributed by atoms with Gasteiger partial charge in [0.2, 0.25) is 0 Å². The molecular weight excluding hydrogens is 272 g/mol. The van der Waals surface area contributed by atoms with E-state index in [-0.39, 0.29) is 17.3 Å². The number of hydrogen-bond donors (Lipinski definition) is 2. The highest BCUT2D eigenvalue weighted by Gasteiger charge is 2.16. The predicted molar refractivity (Wildman–Crippen MR) is 81.1 cm³/mol. The minimum Gasteiger partial charge on any atom is -0.497 e. The standard InChI is InChI=1S/C15H22N2O4/c1-5-10(2)9-17(3)15(20)16-13-7-6-11(21-4)8-12(13)14(18)19/h6-8,10H,5,9H2,1-4H3,(H,16,20)(H,18,19). The SMILES string of the molecule is CCC(C)CN(C)C(=O)Nc1ccc(OC)cc1C(=O)O. The summed E-state index contributed by atoms with van der Waals surface area (Å²) in [5.74, 6) is -0.303. The molecule has 0 aromatic heterocycles. The number of nitrogens with zero attached hydrogens (tertiary/aromatic N) is 1. The van der Waals surface area contributed by atoms with Crippen molar-refractivity contribution in [1.29, 1.82) is 0 Å². The van der Waals surface area contributed by atoms with Gasteiger partial charge in [0.15, 0.2) is 0 Å².